The fraction of sp³-hybridized carbons (Fsp3) is 0.0667. The molecule has 90 valence electrons. The Hall–Kier alpha value is -2.20. The third kappa shape index (κ3) is 1.12. The molecule has 0 unspecified atom stereocenters. The zero-order valence-corrected chi connectivity index (χ0v) is 10.9. The van der Waals surface area contributed by atoms with Gasteiger partial charge in [0.1, 0.15) is 16.8 Å². The molecule has 1 aliphatic rings. The van der Waals surface area contributed by atoms with Gasteiger partial charge in [0.25, 0.3) is 0 Å². The van der Waals surface area contributed by atoms with E-state index in [2.05, 4.69) is 50.5 Å². The topological polar surface area (TPSA) is 21.2 Å². The van der Waals surface area contributed by atoms with Crippen molar-refractivity contribution in [3.05, 3.63) is 54.5 Å². The third-order valence-corrected chi connectivity index (χ3v) is 4.94. The Bertz CT molecular complexity index is 949. The Balaban J connectivity index is 1.94. The van der Waals surface area contributed by atoms with Crippen molar-refractivity contribution in [1.29, 1.82) is 0 Å². The van der Waals surface area contributed by atoms with E-state index in [0.717, 1.165) is 6.54 Å². The molecule has 19 heavy (non-hydrogen) atoms. The lowest BCUT2D eigenvalue weighted by atomic mass is 10.2. The Kier molecular flexibility index (Phi) is 1.64. The minimum absolute atomic E-state index is 0.930. The van der Waals surface area contributed by atoms with Gasteiger partial charge in [0.2, 0.25) is 0 Å². The van der Waals surface area contributed by atoms with Crippen LogP contribution in [0.5, 0.6) is 0 Å². The standard InChI is InChI=1S/C15H10N3S/c1-2-6-17-11(3-1)7-13-14(17)18-9-10-8-16-5-4-12(10)15(18)19-13/h1-8H,9H2/q+1. The van der Waals surface area contributed by atoms with E-state index in [1.807, 2.05) is 23.7 Å². The second-order valence-electron chi connectivity index (χ2n) is 4.85. The molecule has 5 rings (SSSR count). The number of rotatable bonds is 0. The average Bonchev–Trinajstić information content (AvgIpc) is 3.05. The van der Waals surface area contributed by atoms with Crippen LogP contribution in [0.4, 0.5) is 0 Å². The van der Waals surface area contributed by atoms with E-state index in [1.54, 1.807) is 0 Å². The van der Waals surface area contributed by atoms with Gasteiger partial charge in [-0.3, -0.25) is 4.98 Å². The first-order valence-electron chi connectivity index (χ1n) is 6.27. The molecule has 0 N–H and O–H groups in total. The molecule has 1 aliphatic heterocycles. The third-order valence-electron chi connectivity index (χ3n) is 3.79. The molecule has 0 radical (unpaired) electrons. The monoisotopic (exact) mass is 264 g/mol. The van der Waals surface area contributed by atoms with Crippen molar-refractivity contribution < 1.29 is 4.57 Å². The highest BCUT2D eigenvalue weighted by molar-refractivity contribution is 7.21. The summed E-state index contributed by atoms with van der Waals surface area (Å²) in [4.78, 5) is 4.23. The van der Waals surface area contributed by atoms with Gasteiger partial charge in [-0.25, -0.2) is 4.57 Å². The van der Waals surface area contributed by atoms with Crippen LogP contribution in [0.2, 0.25) is 0 Å². The molecule has 0 aliphatic carbocycles. The van der Waals surface area contributed by atoms with Gasteiger partial charge in [0, 0.05) is 29.6 Å². The van der Waals surface area contributed by atoms with Crippen molar-refractivity contribution in [2.24, 2.45) is 0 Å². The molecule has 0 saturated heterocycles. The van der Waals surface area contributed by atoms with Gasteiger partial charge in [-0.1, -0.05) is 17.4 Å². The molecule has 4 heteroatoms. The van der Waals surface area contributed by atoms with E-state index >= 15 is 0 Å². The fourth-order valence-electron chi connectivity index (χ4n) is 2.96. The van der Waals surface area contributed by atoms with E-state index in [-0.39, 0.29) is 0 Å². The first-order valence-corrected chi connectivity index (χ1v) is 7.09. The lowest BCUT2D eigenvalue weighted by molar-refractivity contribution is -0.644. The van der Waals surface area contributed by atoms with Crippen molar-refractivity contribution >= 4 is 27.2 Å². The van der Waals surface area contributed by atoms with Crippen LogP contribution in [0, 0.1) is 0 Å². The average molecular weight is 264 g/mol. The SMILES string of the molecule is c1ccn2c(c1)cc1sc3[n+](c12)Cc1cnccc1-3. The highest BCUT2D eigenvalue weighted by Gasteiger charge is 2.30. The van der Waals surface area contributed by atoms with Crippen LogP contribution in [-0.4, -0.2) is 9.38 Å². The molecule has 4 aromatic rings. The van der Waals surface area contributed by atoms with Crippen LogP contribution >= 0.6 is 11.3 Å². The maximum atomic E-state index is 4.23. The predicted octanol–water partition coefficient (Wildman–Crippen LogP) is 2.87. The highest BCUT2D eigenvalue weighted by atomic mass is 32.1. The van der Waals surface area contributed by atoms with Crippen molar-refractivity contribution in [1.82, 2.24) is 9.38 Å². The first-order chi connectivity index (χ1) is 9.42. The smallest absolute Gasteiger partial charge is 0.264 e. The van der Waals surface area contributed by atoms with Gasteiger partial charge in [0.15, 0.2) is 5.01 Å². The van der Waals surface area contributed by atoms with E-state index < -0.39 is 0 Å². The van der Waals surface area contributed by atoms with Crippen LogP contribution in [0.15, 0.2) is 48.9 Å². The van der Waals surface area contributed by atoms with Gasteiger partial charge in [-0.05, 0) is 18.2 Å². The van der Waals surface area contributed by atoms with Gasteiger partial charge in [-0.2, -0.15) is 4.40 Å². The molecule has 4 aromatic heterocycles. The Morgan fingerprint density at radius 2 is 2.26 bits per heavy atom. The molecule has 3 nitrogen and oxygen atoms in total. The largest absolute Gasteiger partial charge is 0.305 e. The molecule has 0 bridgehead atoms. The predicted molar refractivity (Wildman–Crippen MR) is 75.3 cm³/mol. The molecule has 0 amide bonds. The van der Waals surface area contributed by atoms with Gasteiger partial charge >= 0.3 is 5.65 Å². The molecule has 0 atom stereocenters. The maximum absolute atomic E-state index is 4.23. The maximum Gasteiger partial charge on any atom is 0.305 e. The summed E-state index contributed by atoms with van der Waals surface area (Å²) in [6, 6.07) is 10.7. The fourth-order valence-corrected chi connectivity index (χ4v) is 4.22. The van der Waals surface area contributed by atoms with Crippen molar-refractivity contribution in [2.75, 3.05) is 0 Å². The number of hydrogen-bond donors (Lipinski definition) is 0. The summed E-state index contributed by atoms with van der Waals surface area (Å²) in [6.45, 7) is 0.930. The number of hydrogen-bond acceptors (Lipinski definition) is 2. The second-order valence-corrected chi connectivity index (χ2v) is 5.88. The summed E-state index contributed by atoms with van der Waals surface area (Å²) in [5.74, 6) is 0. The molecule has 0 saturated carbocycles. The first kappa shape index (κ1) is 9.69. The summed E-state index contributed by atoms with van der Waals surface area (Å²) >= 11 is 1.87. The normalized spacial score (nSPS) is 13.1. The lowest BCUT2D eigenvalue weighted by Crippen LogP contribution is -2.31. The molecular formula is C15H10N3S+. The zero-order valence-electron chi connectivity index (χ0n) is 10.1. The lowest BCUT2D eigenvalue weighted by Gasteiger charge is -1.91. The molecular weight excluding hydrogens is 254 g/mol. The van der Waals surface area contributed by atoms with Crippen LogP contribution in [0.25, 0.3) is 26.4 Å². The Morgan fingerprint density at radius 3 is 3.26 bits per heavy atom. The quantitative estimate of drug-likeness (QED) is 0.394. The van der Waals surface area contributed by atoms with Crippen LogP contribution in [0.1, 0.15) is 5.56 Å². The van der Waals surface area contributed by atoms with Gasteiger partial charge < -0.3 is 0 Å². The van der Waals surface area contributed by atoms with Gasteiger partial charge in [-0.15, -0.1) is 0 Å². The number of pyridine rings is 2. The molecule has 0 aromatic carbocycles. The van der Waals surface area contributed by atoms with Crippen LogP contribution in [0.3, 0.4) is 0 Å². The number of aromatic nitrogens is 3. The van der Waals surface area contributed by atoms with Crippen LogP contribution in [-0.2, 0) is 6.54 Å². The minimum atomic E-state index is 0.930. The summed E-state index contributed by atoms with van der Waals surface area (Å²) in [5, 5.41) is 1.35. The number of fused-ring (bicyclic) bond motifs is 7. The Labute approximate surface area is 113 Å². The second kappa shape index (κ2) is 3.22. The zero-order chi connectivity index (χ0) is 12.4. The van der Waals surface area contributed by atoms with Crippen LogP contribution < -0.4 is 4.57 Å². The van der Waals surface area contributed by atoms with E-state index in [9.17, 15) is 0 Å². The molecule has 0 fully saturated rings. The molecule has 0 spiro atoms. The summed E-state index contributed by atoms with van der Waals surface area (Å²) < 4.78 is 6.03. The minimum Gasteiger partial charge on any atom is -0.264 e. The molecule has 5 heterocycles. The summed E-state index contributed by atoms with van der Waals surface area (Å²) in [5.41, 5.74) is 5.21. The van der Waals surface area contributed by atoms with Crippen molar-refractivity contribution in [2.45, 2.75) is 6.54 Å². The summed E-state index contributed by atoms with van der Waals surface area (Å²) in [7, 11) is 0. The Morgan fingerprint density at radius 1 is 1.26 bits per heavy atom. The number of nitrogens with zero attached hydrogens (tertiary/aromatic N) is 3. The summed E-state index contributed by atoms with van der Waals surface area (Å²) in [6.07, 6.45) is 6.00. The van der Waals surface area contributed by atoms with Crippen molar-refractivity contribution in [3.63, 3.8) is 0 Å². The van der Waals surface area contributed by atoms with E-state index in [4.69, 9.17) is 0 Å². The highest BCUT2D eigenvalue weighted by Crippen LogP contribution is 2.36. The van der Waals surface area contributed by atoms with E-state index in [1.165, 1.54) is 32.0 Å². The van der Waals surface area contributed by atoms with Crippen molar-refractivity contribution in [3.8, 4) is 10.6 Å². The van der Waals surface area contributed by atoms with Gasteiger partial charge in [0.05, 0.1) is 6.20 Å². The van der Waals surface area contributed by atoms with E-state index in [0.29, 0.717) is 0 Å². The number of thiazole rings is 1.